The molecule has 7 nitrogen and oxygen atoms in total. The average Bonchev–Trinajstić information content (AvgIpc) is 3.99. The number of aliphatic imine (C=N–C) groups is 1. The molecular weight excluding hydrogens is 647 g/mol. The van der Waals surface area contributed by atoms with Crippen molar-refractivity contribution in [3.05, 3.63) is 138 Å². The van der Waals surface area contributed by atoms with E-state index in [9.17, 15) is 13.2 Å². The summed E-state index contributed by atoms with van der Waals surface area (Å²) in [7, 11) is 0. The maximum atomic E-state index is 14.6. The molecule has 0 aromatic heterocycles. The zero-order chi connectivity index (χ0) is 34.8. The van der Waals surface area contributed by atoms with Crippen LogP contribution >= 0.6 is 0 Å². The van der Waals surface area contributed by atoms with E-state index in [4.69, 9.17) is 28.4 Å². The summed E-state index contributed by atoms with van der Waals surface area (Å²) < 4.78 is 81.8. The smallest absolute Gasteiger partial charge is 0.441 e. The maximum Gasteiger partial charge on any atom is 0.468 e. The second kappa shape index (κ2) is 17.2. The van der Waals surface area contributed by atoms with Crippen LogP contribution in [0.1, 0.15) is 36.5 Å². The van der Waals surface area contributed by atoms with Crippen LogP contribution in [-0.2, 0) is 48.2 Å². The maximum absolute atomic E-state index is 14.6. The first-order valence-electron chi connectivity index (χ1n) is 16.9. The van der Waals surface area contributed by atoms with Crippen LogP contribution in [0.4, 0.5) is 18.9 Å². The SMILES string of the molecule is CC(O[C@H]1C(OC(=Nc2ccccc2)C(F)(F)F)O[C@H](COCc2ccccc2)[C@@H](OCc2ccccc2)[C@@H]1OCc1ccccc1)C1CC1. The Balaban J connectivity index is 1.35. The van der Waals surface area contributed by atoms with Gasteiger partial charge in [-0.3, -0.25) is 0 Å². The van der Waals surface area contributed by atoms with Crippen molar-refractivity contribution in [2.75, 3.05) is 6.61 Å². The monoisotopic (exact) mass is 689 g/mol. The average molecular weight is 690 g/mol. The molecule has 1 aliphatic carbocycles. The second-order valence-electron chi connectivity index (χ2n) is 12.6. The van der Waals surface area contributed by atoms with Gasteiger partial charge in [0.15, 0.2) is 0 Å². The van der Waals surface area contributed by atoms with Gasteiger partial charge in [-0.1, -0.05) is 109 Å². The Morgan fingerprint density at radius 1 is 0.700 bits per heavy atom. The highest BCUT2D eigenvalue weighted by molar-refractivity contribution is 5.84. The Hall–Kier alpha value is -4.06. The lowest BCUT2D eigenvalue weighted by Gasteiger charge is -2.46. The Morgan fingerprint density at radius 2 is 1.20 bits per heavy atom. The highest BCUT2D eigenvalue weighted by Crippen LogP contribution is 2.39. The van der Waals surface area contributed by atoms with Crippen molar-refractivity contribution in [1.82, 2.24) is 0 Å². The Kier molecular flexibility index (Phi) is 12.3. The van der Waals surface area contributed by atoms with Crippen molar-refractivity contribution in [3.63, 3.8) is 0 Å². The van der Waals surface area contributed by atoms with Gasteiger partial charge in [-0.2, -0.15) is 13.2 Å². The van der Waals surface area contributed by atoms with Crippen molar-refractivity contribution in [1.29, 1.82) is 0 Å². The normalized spacial score (nSPS) is 23.4. The third-order valence-electron chi connectivity index (χ3n) is 8.67. The quantitative estimate of drug-likeness (QED) is 0.0921. The summed E-state index contributed by atoms with van der Waals surface area (Å²) in [6.45, 7) is 2.52. The van der Waals surface area contributed by atoms with Crippen LogP contribution in [-0.4, -0.2) is 55.5 Å². The lowest BCUT2D eigenvalue weighted by Crippen LogP contribution is -2.63. The van der Waals surface area contributed by atoms with Gasteiger partial charge < -0.3 is 28.4 Å². The Bertz CT molecular complexity index is 1610. The van der Waals surface area contributed by atoms with E-state index in [2.05, 4.69) is 4.99 Å². The topological polar surface area (TPSA) is 67.7 Å². The van der Waals surface area contributed by atoms with Gasteiger partial charge in [0.1, 0.15) is 24.4 Å². The van der Waals surface area contributed by atoms with Crippen molar-refractivity contribution in [3.8, 4) is 0 Å². The lowest BCUT2D eigenvalue weighted by molar-refractivity contribution is -0.320. The summed E-state index contributed by atoms with van der Waals surface area (Å²) >= 11 is 0. The third-order valence-corrected chi connectivity index (χ3v) is 8.67. The van der Waals surface area contributed by atoms with E-state index in [1.54, 1.807) is 18.2 Å². The van der Waals surface area contributed by atoms with Crippen LogP contribution in [0.3, 0.4) is 0 Å². The molecule has 1 saturated carbocycles. The molecule has 0 amide bonds. The molecule has 10 heteroatoms. The molecule has 2 unspecified atom stereocenters. The molecule has 1 heterocycles. The van der Waals surface area contributed by atoms with Crippen LogP contribution < -0.4 is 0 Å². The molecule has 2 fully saturated rings. The van der Waals surface area contributed by atoms with E-state index in [0.29, 0.717) is 0 Å². The zero-order valence-corrected chi connectivity index (χ0v) is 27.9. The van der Waals surface area contributed by atoms with Crippen LogP contribution in [0.5, 0.6) is 0 Å². The fourth-order valence-corrected chi connectivity index (χ4v) is 5.85. The van der Waals surface area contributed by atoms with Gasteiger partial charge in [-0.25, -0.2) is 4.99 Å². The van der Waals surface area contributed by atoms with Gasteiger partial charge >= 0.3 is 6.18 Å². The number of para-hydroxylation sites is 1. The molecule has 0 N–H and O–H groups in total. The standard InChI is InChI=1S/C40H42F3NO6/c1-28(32-22-23-32)48-37-36(47-26-31-18-10-4-11-19-31)35(46-25-30-16-8-3-9-17-30)34(27-45-24-29-14-6-2-7-15-29)49-38(37)50-39(40(41,42)43)44-33-20-12-5-13-21-33/h2-21,28,32,34-38H,22-27H2,1H3/t28?,34-,35-,36+,37-,38?/m1/s1. The Labute approximate surface area is 291 Å². The van der Waals surface area contributed by atoms with E-state index in [1.807, 2.05) is 97.9 Å². The fourth-order valence-electron chi connectivity index (χ4n) is 5.85. The molecule has 6 rings (SSSR count). The first-order valence-corrected chi connectivity index (χ1v) is 16.9. The van der Waals surface area contributed by atoms with Gasteiger partial charge in [0.2, 0.25) is 6.29 Å². The minimum atomic E-state index is -4.92. The first-order chi connectivity index (χ1) is 24.3. The third kappa shape index (κ3) is 10.2. The minimum absolute atomic E-state index is 0.0124. The molecule has 264 valence electrons. The van der Waals surface area contributed by atoms with Gasteiger partial charge in [0.05, 0.1) is 38.2 Å². The molecule has 0 bridgehead atoms. The van der Waals surface area contributed by atoms with E-state index in [-0.39, 0.29) is 44.1 Å². The summed E-state index contributed by atoms with van der Waals surface area (Å²) in [6.07, 6.45) is -8.56. The number of rotatable bonds is 15. The van der Waals surface area contributed by atoms with Gasteiger partial charge in [0.25, 0.3) is 5.90 Å². The predicted molar refractivity (Wildman–Crippen MR) is 183 cm³/mol. The Morgan fingerprint density at radius 3 is 1.72 bits per heavy atom. The van der Waals surface area contributed by atoms with Crippen molar-refractivity contribution in [2.24, 2.45) is 10.9 Å². The molecule has 1 aliphatic heterocycles. The van der Waals surface area contributed by atoms with E-state index in [0.717, 1.165) is 29.5 Å². The molecule has 0 radical (unpaired) electrons. The first kappa shape index (κ1) is 35.8. The molecule has 4 aromatic carbocycles. The molecule has 1 saturated heterocycles. The number of halogens is 3. The van der Waals surface area contributed by atoms with E-state index < -0.39 is 42.8 Å². The summed E-state index contributed by atoms with van der Waals surface area (Å²) in [4.78, 5) is 3.86. The molecule has 2 aliphatic rings. The molecule has 0 spiro atoms. The number of nitrogens with zero attached hydrogens (tertiary/aromatic N) is 1. The van der Waals surface area contributed by atoms with Crippen LogP contribution in [0.2, 0.25) is 0 Å². The number of hydrogen-bond donors (Lipinski definition) is 0. The molecule has 50 heavy (non-hydrogen) atoms. The highest BCUT2D eigenvalue weighted by atomic mass is 19.4. The molecular formula is C40H42F3NO6. The molecule has 4 aromatic rings. The van der Waals surface area contributed by atoms with Crippen LogP contribution in [0.25, 0.3) is 0 Å². The van der Waals surface area contributed by atoms with Crippen molar-refractivity contribution >= 4 is 11.6 Å². The largest absolute Gasteiger partial charge is 0.468 e. The predicted octanol–water partition coefficient (Wildman–Crippen LogP) is 8.59. The number of ether oxygens (including phenoxy) is 6. The number of alkyl halides is 3. The van der Waals surface area contributed by atoms with E-state index in [1.165, 1.54) is 12.1 Å². The van der Waals surface area contributed by atoms with Crippen LogP contribution in [0, 0.1) is 5.92 Å². The highest BCUT2D eigenvalue weighted by Gasteiger charge is 2.53. The summed E-state index contributed by atoms with van der Waals surface area (Å²) in [5, 5.41) is 0. The van der Waals surface area contributed by atoms with E-state index >= 15 is 0 Å². The fraction of sp³-hybridized carbons (Fsp3) is 0.375. The van der Waals surface area contributed by atoms with Crippen LogP contribution in [0.15, 0.2) is 126 Å². The van der Waals surface area contributed by atoms with Gasteiger partial charge in [-0.05, 0) is 54.5 Å². The summed E-state index contributed by atoms with van der Waals surface area (Å²) in [6, 6.07) is 36.6. The van der Waals surface area contributed by atoms with Crippen molar-refractivity contribution in [2.45, 2.75) is 82.6 Å². The molecule has 6 atom stereocenters. The van der Waals surface area contributed by atoms with Gasteiger partial charge in [-0.15, -0.1) is 0 Å². The number of hydrogen-bond acceptors (Lipinski definition) is 7. The number of benzene rings is 4. The summed E-state index contributed by atoms with van der Waals surface area (Å²) in [5.74, 6) is -1.18. The lowest BCUT2D eigenvalue weighted by atomic mass is 9.97. The minimum Gasteiger partial charge on any atom is -0.441 e. The van der Waals surface area contributed by atoms with Gasteiger partial charge in [0, 0.05) is 0 Å². The summed E-state index contributed by atoms with van der Waals surface area (Å²) in [5.41, 5.74) is 2.81. The zero-order valence-electron chi connectivity index (χ0n) is 27.9. The van der Waals surface area contributed by atoms with Crippen molar-refractivity contribution < 1.29 is 41.6 Å². The second-order valence-corrected chi connectivity index (χ2v) is 12.6.